The van der Waals surface area contributed by atoms with Gasteiger partial charge in [0.15, 0.2) is 0 Å². The molecule has 1 amide bonds. The van der Waals surface area contributed by atoms with E-state index >= 15 is 0 Å². The maximum Gasteiger partial charge on any atom is 0.263 e. The van der Waals surface area contributed by atoms with Gasteiger partial charge >= 0.3 is 0 Å². The smallest absolute Gasteiger partial charge is 0.263 e. The Morgan fingerprint density at radius 1 is 1.26 bits per heavy atom. The highest BCUT2D eigenvalue weighted by Crippen LogP contribution is 2.33. The summed E-state index contributed by atoms with van der Waals surface area (Å²) >= 11 is 1.62. The lowest BCUT2D eigenvalue weighted by Crippen LogP contribution is -2.30. The lowest BCUT2D eigenvalue weighted by Gasteiger charge is -2.12. The highest BCUT2D eigenvalue weighted by molar-refractivity contribution is 7.18. The second kappa shape index (κ2) is 7.15. The zero-order valence-electron chi connectivity index (χ0n) is 15.4. The van der Waals surface area contributed by atoms with Gasteiger partial charge in [-0.3, -0.25) is 14.2 Å². The Balaban J connectivity index is 1.62. The van der Waals surface area contributed by atoms with Gasteiger partial charge in [-0.15, -0.1) is 11.3 Å². The fraction of sp³-hybridized carbons (Fsp3) is 0.350. The maximum absolute atomic E-state index is 13.1. The van der Waals surface area contributed by atoms with Crippen LogP contribution >= 0.6 is 11.3 Å². The number of carbonyl (C=O) groups is 1. The van der Waals surface area contributed by atoms with Gasteiger partial charge in [0.1, 0.15) is 22.9 Å². The van der Waals surface area contributed by atoms with Crippen molar-refractivity contribution in [2.24, 2.45) is 0 Å². The van der Waals surface area contributed by atoms with Crippen molar-refractivity contribution in [2.45, 2.75) is 39.2 Å². The molecule has 1 N–H and O–H groups in total. The number of amides is 1. The Hall–Kier alpha value is -2.67. The Kier molecular flexibility index (Phi) is 4.70. The minimum absolute atomic E-state index is 0.0513. The van der Waals surface area contributed by atoms with Gasteiger partial charge in [-0.1, -0.05) is 0 Å². The molecule has 140 valence electrons. The van der Waals surface area contributed by atoms with Crippen LogP contribution in [0, 0.1) is 6.92 Å². The summed E-state index contributed by atoms with van der Waals surface area (Å²) in [5, 5.41) is 3.53. The summed E-state index contributed by atoms with van der Waals surface area (Å²) < 4.78 is 6.59. The fourth-order valence-electron chi connectivity index (χ4n) is 3.54. The summed E-state index contributed by atoms with van der Waals surface area (Å²) in [5.74, 6) is 1.03. The number of rotatable bonds is 4. The van der Waals surface area contributed by atoms with Gasteiger partial charge in [-0.05, 0) is 62.4 Å². The standard InChI is InChI=1S/C20H21N3O3S/c1-12-21-19-18(15-5-3-4-6-16(15)27-19)20(25)23(12)11-17(24)22-13-7-9-14(26-2)10-8-13/h7-10H,3-6,11H2,1-2H3,(H,22,24). The van der Waals surface area contributed by atoms with E-state index in [1.807, 2.05) is 0 Å². The van der Waals surface area contributed by atoms with E-state index in [0.29, 0.717) is 16.9 Å². The van der Waals surface area contributed by atoms with Crippen LogP contribution in [0.5, 0.6) is 5.75 Å². The summed E-state index contributed by atoms with van der Waals surface area (Å²) in [6, 6.07) is 7.09. The van der Waals surface area contributed by atoms with E-state index in [0.717, 1.165) is 41.8 Å². The normalized spacial score (nSPS) is 13.4. The Bertz CT molecular complexity index is 1070. The third-order valence-corrected chi connectivity index (χ3v) is 6.13. The second-order valence-corrected chi connectivity index (χ2v) is 7.80. The van der Waals surface area contributed by atoms with Crippen LogP contribution in [0.15, 0.2) is 29.1 Å². The van der Waals surface area contributed by atoms with Gasteiger partial charge in [-0.25, -0.2) is 4.98 Å². The molecule has 2 aromatic heterocycles. The first-order chi connectivity index (χ1) is 13.1. The number of anilines is 1. The molecule has 0 atom stereocenters. The summed E-state index contributed by atoms with van der Waals surface area (Å²) in [4.78, 5) is 32.3. The van der Waals surface area contributed by atoms with Crippen LogP contribution in [0.4, 0.5) is 5.69 Å². The zero-order valence-corrected chi connectivity index (χ0v) is 16.2. The molecule has 1 aliphatic rings. The average molecular weight is 383 g/mol. The number of benzene rings is 1. The predicted molar refractivity (Wildman–Crippen MR) is 107 cm³/mol. The van der Waals surface area contributed by atoms with Crippen molar-refractivity contribution in [3.8, 4) is 5.75 Å². The Morgan fingerprint density at radius 2 is 2.00 bits per heavy atom. The van der Waals surface area contributed by atoms with E-state index in [4.69, 9.17) is 4.74 Å². The number of aryl methyl sites for hydroxylation is 3. The van der Waals surface area contributed by atoms with Crippen LogP contribution in [0.2, 0.25) is 0 Å². The molecular weight excluding hydrogens is 362 g/mol. The van der Waals surface area contributed by atoms with Crippen molar-refractivity contribution in [2.75, 3.05) is 12.4 Å². The highest BCUT2D eigenvalue weighted by Gasteiger charge is 2.21. The molecule has 0 unspecified atom stereocenters. The van der Waals surface area contributed by atoms with Crippen molar-refractivity contribution in [3.63, 3.8) is 0 Å². The summed E-state index contributed by atoms with van der Waals surface area (Å²) in [5.41, 5.74) is 1.69. The number of carbonyl (C=O) groups excluding carboxylic acids is 1. The molecule has 0 saturated carbocycles. The van der Waals surface area contributed by atoms with Crippen LogP contribution in [-0.4, -0.2) is 22.6 Å². The first kappa shape index (κ1) is 17.7. The minimum atomic E-state index is -0.254. The third kappa shape index (κ3) is 3.35. The summed E-state index contributed by atoms with van der Waals surface area (Å²) in [7, 11) is 1.59. The van der Waals surface area contributed by atoms with Gasteiger partial charge in [-0.2, -0.15) is 0 Å². The quantitative estimate of drug-likeness (QED) is 0.750. The van der Waals surface area contributed by atoms with Crippen LogP contribution in [0.1, 0.15) is 29.1 Å². The molecule has 2 heterocycles. The van der Waals surface area contributed by atoms with E-state index in [1.165, 1.54) is 9.44 Å². The van der Waals surface area contributed by atoms with E-state index < -0.39 is 0 Å². The van der Waals surface area contributed by atoms with E-state index in [2.05, 4.69) is 10.3 Å². The van der Waals surface area contributed by atoms with E-state index in [1.54, 1.807) is 49.6 Å². The molecule has 0 bridgehead atoms. The minimum Gasteiger partial charge on any atom is -0.497 e. The molecule has 6 nitrogen and oxygen atoms in total. The largest absolute Gasteiger partial charge is 0.497 e. The molecule has 27 heavy (non-hydrogen) atoms. The van der Waals surface area contributed by atoms with Gasteiger partial charge < -0.3 is 10.1 Å². The van der Waals surface area contributed by atoms with Crippen LogP contribution in [0.3, 0.4) is 0 Å². The maximum atomic E-state index is 13.1. The number of ether oxygens (including phenoxy) is 1. The van der Waals surface area contributed by atoms with Crippen molar-refractivity contribution in [1.29, 1.82) is 0 Å². The van der Waals surface area contributed by atoms with Crippen molar-refractivity contribution in [3.05, 3.63) is 50.9 Å². The summed E-state index contributed by atoms with van der Waals surface area (Å²) in [6.07, 6.45) is 4.21. The molecule has 7 heteroatoms. The van der Waals surface area contributed by atoms with Gasteiger partial charge in [0.05, 0.1) is 12.5 Å². The number of aromatic nitrogens is 2. The molecule has 1 aromatic carbocycles. The topological polar surface area (TPSA) is 73.2 Å². The Labute approximate surface area is 160 Å². The lowest BCUT2D eigenvalue weighted by atomic mass is 9.97. The Morgan fingerprint density at radius 3 is 2.74 bits per heavy atom. The molecule has 0 fully saturated rings. The lowest BCUT2D eigenvalue weighted by molar-refractivity contribution is -0.116. The average Bonchev–Trinajstić information content (AvgIpc) is 3.04. The fourth-order valence-corrected chi connectivity index (χ4v) is 4.84. The number of hydrogen-bond acceptors (Lipinski definition) is 5. The zero-order chi connectivity index (χ0) is 19.0. The first-order valence-corrected chi connectivity index (χ1v) is 9.84. The molecule has 0 aliphatic heterocycles. The van der Waals surface area contributed by atoms with Gasteiger partial charge in [0.2, 0.25) is 5.91 Å². The third-order valence-electron chi connectivity index (χ3n) is 4.94. The number of hydrogen-bond donors (Lipinski definition) is 1. The van der Waals surface area contributed by atoms with Crippen LogP contribution in [0.25, 0.3) is 10.2 Å². The summed E-state index contributed by atoms with van der Waals surface area (Å²) in [6.45, 7) is 1.73. The number of thiophene rings is 1. The van der Waals surface area contributed by atoms with E-state index in [-0.39, 0.29) is 18.0 Å². The van der Waals surface area contributed by atoms with Gasteiger partial charge in [0.25, 0.3) is 5.56 Å². The van der Waals surface area contributed by atoms with Gasteiger partial charge in [0, 0.05) is 10.6 Å². The van der Waals surface area contributed by atoms with Crippen molar-refractivity contribution < 1.29 is 9.53 Å². The number of methoxy groups -OCH3 is 1. The number of nitrogens with one attached hydrogen (secondary N) is 1. The molecular formula is C20H21N3O3S. The molecule has 0 saturated heterocycles. The van der Waals surface area contributed by atoms with E-state index in [9.17, 15) is 9.59 Å². The molecule has 3 aromatic rings. The van der Waals surface area contributed by atoms with Crippen molar-refractivity contribution >= 4 is 33.1 Å². The van der Waals surface area contributed by atoms with Crippen LogP contribution < -0.4 is 15.6 Å². The molecule has 4 rings (SSSR count). The van der Waals surface area contributed by atoms with Crippen molar-refractivity contribution in [1.82, 2.24) is 9.55 Å². The molecule has 1 aliphatic carbocycles. The predicted octanol–water partition coefficient (Wildman–Crippen LogP) is 3.29. The second-order valence-electron chi connectivity index (χ2n) is 6.72. The monoisotopic (exact) mass is 383 g/mol. The highest BCUT2D eigenvalue weighted by atomic mass is 32.1. The number of nitrogens with zero attached hydrogens (tertiary/aromatic N) is 2. The molecule has 0 radical (unpaired) electrons. The molecule has 0 spiro atoms. The van der Waals surface area contributed by atoms with Crippen LogP contribution in [-0.2, 0) is 24.2 Å². The SMILES string of the molecule is COc1ccc(NC(=O)Cn2c(C)nc3sc4c(c3c2=O)CCCC4)cc1. The first-order valence-electron chi connectivity index (χ1n) is 9.02. The number of fused-ring (bicyclic) bond motifs is 3.